The first kappa shape index (κ1) is 19.4. The second-order valence-corrected chi connectivity index (χ2v) is 7.10. The van der Waals surface area contributed by atoms with Gasteiger partial charge in [0.1, 0.15) is 0 Å². The van der Waals surface area contributed by atoms with Crippen LogP contribution in [-0.4, -0.2) is 23.1 Å². The summed E-state index contributed by atoms with van der Waals surface area (Å²) in [6.07, 6.45) is -2.47. The Hall–Kier alpha value is -2.93. The molecule has 7 heteroatoms. The number of hydrogen-bond donors (Lipinski definition) is 2. The zero-order valence-corrected chi connectivity index (χ0v) is 15.7. The Morgan fingerprint density at radius 1 is 0.897 bits per heavy atom. The highest BCUT2D eigenvalue weighted by molar-refractivity contribution is 5.63. The monoisotopic (exact) mass is 398 g/mol. The van der Waals surface area contributed by atoms with Crippen LogP contribution in [0.3, 0.4) is 0 Å². The Labute approximate surface area is 167 Å². The molecule has 4 nitrogen and oxygen atoms in total. The Morgan fingerprint density at radius 2 is 1.66 bits per heavy atom. The summed E-state index contributed by atoms with van der Waals surface area (Å²) < 4.78 is 39.1. The Bertz CT molecular complexity index is 967. The Morgan fingerprint density at radius 3 is 2.38 bits per heavy atom. The minimum absolute atomic E-state index is 0.295. The molecule has 1 fully saturated rings. The topological polar surface area (TPSA) is 49.8 Å². The molecule has 2 heterocycles. The van der Waals surface area contributed by atoms with E-state index in [9.17, 15) is 13.2 Å². The minimum Gasteiger partial charge on any atom is -0.324 e. The van der Waals surface area contributed by atoms with Gasteiger partial charge in [0.25, 0.3) is 0 Å². The lowest BCUT2D eigenvalue weighted by Crippen LogP contribution is -2.27. The van der Waals surface area contributed by atoms with Gasteiger partial charge in [-0.1, -0.05) is 36.4 Å². The van der Waals surface area contributed by atoms with Crippen molar-refractivity contribution in [2.45, 2.75) is 24.9 Å². The number of hydrogen-bond acceptors (Lipinski definition) is 4. The highest BCUT2D eigenvalue weighted by atomic mass is 19.4. The molecule has 2 aromatic carbocycles. The van der Waals surface area contributed by atoms with Crippen molar-refractivity contribution in [1.82, 2.24) is 15.3 Å². The molecule has 4 rings (SSSR count). The maximum absolute atomic E-state index is 13.0. The van der Waals surface area contributed by atoms with Gasteiger partial charge in [0.05, 0.1) is 11.3 Å². The first-order valence-electron chi connectivity index (χ1n) is 9.58. The lowest BCUT2D eigenvalue weighted by molar-refractivity contribution is -0.137. The number of benzene rings is 2. The van der Waals surface area contributed by atoms with Crippen molar-refractivity contribution in [1.29, 1.82) is 0 Å². The summed E-state index contributed by atoms with van der Waals surface area (Å²) in [4.78, 5) is 9.20. The van der Waals surface area contributed by atoms with Crippen LogP contribution in [0.5, 0.6) is 0 Å². The molecular formula is C22H21F3N4. The van der Waals surface area contributed by atoms with E-state index in [1.165, 1.54) is 6.07 Å². The number of nitrogens with one attached hydrogen (secondary N) is 2. The summed E-state index contributed by atoms with van der Waals surface area (Å²) in [5.41, 5.74) is 2.21. The average molecular weight is 398 g/mol. The van der Waals surface area contributed by atoms with Gasteiger partial charge >= 0.3 is 6.18 Å². The number of anilines is 2. The highest BCUT2D eigenvalue weighted by Gasteiger charge is 2.30. The molecular weight excluding hydrogens is 377 g/mol. The van der Waals surface area contributed by atoms with Crippen LogP contribution in [-0.2, 0) is 6.18 Å². The highest BCUT2D eigenvalue weighted by Crippen LogP contribution is 2.32. The molecule has 1 aliphatic rings. The van der Waals surface area contributed by atoms with Gasteiger partial charge in [0.2, 0.25) is 5.95 Å². The van der Waals surface area contributed by atoms with E-state index in [1.54, 1.807) is 6.07 Å². The van der Waals surface area contributed by atoms with Gasteiger partial charge in [-0.2, -0.15) is 13.2 Å². The molecule has 0 amide bonds. The minimum atomic E-state index is -4.40. The number of alkyl halides is 3. The van der Waals surface area contributed by atoms with Crippen molar-refractivity contribution in [3.63, 3.8) is 0 Å². The van der Waals surface area contributed by atoms with Gasteiger partial charge in [-0.3, -0.25) is 0 Å². The van der Waals surface area contributed by atoms with Crippen LogP contribution in [0.15, 0.2) is 60.7 Å². The summed E-state index contributed by atoms with van der Waals surface area (Å²) in [6.45, 7) is 1.84. The van der Waals surface area contributed by atoms with Gasteiger partial charge in [0, 0.05) is 22.9 Å². The van der Waals surface area contributed by atoms with Crippen molar-refractivity contribution in [2.75, 3.05) is 18.4 Å². The number of rotatable bonds is 4. The van der Waals surface area contributed by atoms with Crippen molar-refractivity contribution < 1.29 is 13.2 Å². The van der Waals surface area contributed by atoms with Crippen molar-refractivity contribution in [3.05, 3.63) is 71.9 Å². The molecule has 0 spiro atoms. The van der Waals surface area contributed by atoms with E-state index in [4.69, 9.17) is 0 Å². The maximum atomic E-state index is 13.0. The van der Waals surface area contributed by atoms with E-state index in [-0.39, 0.29) is 0 Å². The second kappa shape index (κ2) is 8.21. The molecule has 0 radical (unpaired) electrons. The lowest BCUT2D eigenvalue weighted by atomic mass is 9.93. The van der Waals surface area contributed by atoms with E-state index in [0.717, 1.165) is 55.0 Å². The summed E-state index contributed by atoms with van der Waals surface area (Å²) in [5.74, 6) is 0.600. The molecule has 2 N–H and O–H groups in total. The largest absolute Gasteiger partial charge is 0.416 e. The average Bonchev–Trinajstić information content (AvgIpc) is 2.74. The fourth-order valence-corrected chi connectivity index (χ4v) is 3.51. The smallest absolute Gasteiger partial charge is 0.324 e. The standard InChI is InChI=1S/C22H21F3N4/c23-22(24,25)17-7-4-8-18(13-17)27-21-28-19(15-5-2-1-3-6-15)14-20(29-21)16-9-11-26-12-10-16/h1-8,13-14,16,26H,9-12H2,(H,27,28,29). The van der Waals surface area contributed by atoms with Gasteiger partial charge in [-0.05, 0) is 50.2 Å². The third-order valence-electron chi connectivity index (χ3n) is 5.02. The molecule has 3 aromatic rings. The zero-order valence-electron chi connectivity index (χ0n) is 15.7. The third kappa shape index (κ3) is 4.74. The molecule has 1 saturated heterocycles. The van der Waals surface area contributed by atoms with Crippen LogP contribution < -0.4 is 10.6 Å². The molecule has 0 saturated carbocycles. The molecule has 150 valence electrons. The molecule has 1 aromatic heterocycles. The van der Waals surface area contributed by atoms with Crippen LogP contribution in [0.1, 0.15) is 30.0 Å². The Kier molecular flexibility index (Phi) is 5.49. The Balaban J connectivity index is 1.70. The van der Waals surface area contributed by atoms with Crippen molar-refractivity contribution in [3.8, 4) is 11.3 Å². The first-order chi connectivity index (χ1) is 14.0. The third-order valence-corrected chi connectivity index (χ3v) is 5.02. The molecule has 0 bridgehead atoms. The molecule has 29 heavy (non-hydrogen) atoms. The number of halogens is 3. The van der Waals surface area contributed by atoms with Crippen LogP contribution in [0.25, 0.3) is 11.3 Å². The summed E-state index contributed by atoms with van der Waals surface area (Å²) >= 11 is 0. The fourth-order valence-electron chi connectivity index (χ4n) is 3.51. The van der Waals surface area contributed by atoms with Gasteiger partial charge in [0.15, 0.2) is 0 Å². The second-order valence-electron chi connectivity index (χ2n) is 7.10. The number of piperidine rings is 1. The quantitative estimate of drug-likeness (QED) is 0.620. The zero-order chi connectivity index (χ0) is 20.3. The molecule has 0 aliphatic carbocycles. The molecule has 0 unspecified atom stereocenters. The fraction of sp³-hybridized carbons (Fsp3) is 0.273. The van der Waals surface area contributed by atoms with Gasteiger partial charge in [-0.15, -0.1) is 0 Å². The van der Waals surface area contributed by atoms with Gasteiger partial charge < -0.3 is 10.6 Å². The number of nitrogens with zero attached hydrogens (tertiary/aromatic N) is 2. The van der Waals surface area contributed by atoms with E-state index < -0.39 is 11.7 Å². The summed E-state index contributed by atoms with van der Waals surface area (Å²) in [7, 11) is 0. The van der Waals surface area contributed by atoms with Crippen LogP contribution in [0.4, 0.5) is 24.8 Å². The lowest BCUT2D eigenvalue weighted by Gasteiger charge is -2.23. The predicted molar refractivity (Wildman–Crippen MR) is 107 cm³/mol. The van der Waals surface area contributed by atoms with E-state index in [1.807, 2.05) is 36.4 Å². The SMILES string of the molecule is FC(F)(F)c1cccc(Nc2nc(-c3ccccc3)cc(C3CCNCC3)n2)c1. The van der Waals surface area contributed by atoms with Crippen LogP contribution in [0, 0.1) is 0 Å². The van der Waals surface area contributed by atoms with E-state index in [2.05, 4.69) is 20.6 Å². The summed E-state index contributed by atoms with van der Waals surface area (Å²) in [5, 5.41) is 6.31. The molecule has 0 atom stereocenters. The normalized spacial score (nSPS) is 15.3. The first-order valence-corrected chi connectivity index (χ1v) is 9.58. The number of aromatic nitrogens is 2. The van der Waals surface area contributed by atoms with E-state index >= 15 is 0 Å². The van der Waals surface area contributed by atoms with Crippen molar-refractivity contribution in [2.24, 2.45) is 0 Å². The predicted octanol–water partition coefficient (Wildman–Crippen LogP) is 5.37. The molecule has 1 aliphatic heterocycles. The van der Waals surface area contributed by atoms with Crippen LogP contribution in [0.2, 0.25) is 0 Å². The summed E-state index contributed by atoms with van der Waals surface area (Å²) in [6, 6.07) is 16.8. The van der Waals surface area contributed by atoms with E-state index in [0.29, 0.717) is 17.6 Å². The maximum Gasteiger partial charge on any atom is 0.416 e. The van der Waals surface area contributed by atoms with Crippen LogP contribution >= 0.6 is 0 Å². The van der Waals surface area contributed by atoms with Gasteiger partial charge in [-0.25, -0.2) is 9.97 Å². The van der Waals surface area contributed by atoms with Crippen molar-refractivity contribution >= 4 is 11.6 Å².